The predicted octanol–water partition coefficient (Wildman–Crippen LogP) is 1.75. The van der Waals surface area contributed by atoms with Gasteiger partial charge in [0.2, 0.25) is 0 Å². The highest BCUT2D eigenvalue weighted by atomic mass is 19.1. The molecule has 0 unspecified atom stereocenters. The number of anilines is 2. The van der Waals surface area contributed by atoms with Crippen molar-refractivity contribution in [2.75, 3.05) is 11.1 Å². The van der Waals surface area contributed by atoms with Crippen LogP contribution in [0.4, 0.5) is 15.8 Å². The average molecular weight is 273 g/mol. The lowest BCUT2D eigenvalue weighted by Gasteiger charge is -2.06. The molecule has 7 heteroatoms. The number of hydrogen-bond donors (Lipinski definition) is 2. The van der Waals surface area contributed by atoms with Crippen LogP contribution < -0.4 is 11.1 Å². The number of rotatable bonds is 3. The second kappa shape index (κ2) is 5.40. The fourth-order valence-electron chi connectivity index (χ4n) is 1.70. The molecule has 0 aliphatic carbocycles. The molecule has 0 spiro atoms. The van der Waals surface area contributed by atoms with Crippen molar-refractivity contribution in [2.45, 2.75) is 13.5 Å². The van der Waals surface area contributed by atoms with Gasteiger partial charge in [-0.1, -0.05) is 6.07 Å². The van der Waals surface area contributed by atoms with Crippen LogP contribution in [0.1, 0.15) is 23.0 Å². The first kappa shape index (κ1) is 13.5. The van der Waals surface area contributed by atoms with Gasteiger partial charge in [-0.05, 0) is 19.1 Å². The molecule has 20 heavy (non-hydrogen) atoms. The van der Waals surface area contributed by atoms with Crippen LogP contribution in [-0.2, 0) is 6.54 Å². The molecule has 2 aromatic rings. The lowest BCUT2D eigenvalue weighted by Crippen LogP contribution is -2.16. The highest BCUT2D eigenvalue weighted by molar-refractivity contribution is 6.06. The Bertz CT molecular complexity index is 701. The fourth-order valence-corrected chi connectivity index (χ4v) is 1.70. The van der Waals surface area contributed by atoms with Crippen molar-refractivity contribution in [1.82, 2.24) is 9.78 Å². The van der Waals surface area contributed by atoms with Gasteiger partial charge in [-0.3, -0.25) is 9.48 Å². The molecule has 2 rings (SSSR count). The summed E-state index contributed by atoms with van der Waals surface area (Å²) in [5, 5.41) is 15.3. The zero-order valence-corrected chi connectivity index (χ0v) is 10.7. The number of carbonyl (C=O) groups excluding carboxylic acids is 1. The first-order chi connectivity index (χ1) is 9.56. The van der Waals surface area contributed by atoms with Gasteiger partial charge in [0.05, 0.1) is 11.4 Å². The number of aryl methyl sites for hydroxylation is 1. The van der Waals surface area contributed by atoms with Crippen LogP contribution in [0.5, 0.6) is 0 Å². The van der Waals surface area contributed by atoms with Gasteiger partial charge in [0.25, 0.3) is 5.91 Å². The Morgan fingerprint density at radius 3 is 2.95 bits per heavy atom. The molecule has 3 N–H and O–H groups in total. The van der Waals surface area contributed by atoms with Crippen LogP contribution >= 0.6 is 0 Å². The Kier molecular flexibility index (Phi) is 3.66. The van der Waals surface area contributed by atoms with E-state index in [-0.39, 0.29) is 22.6 Å². The van der Waals surface area contributed by atoms with Gasteiger partial charge in [-0.2, -0.15) is 10.4 Å². The molecule has 0 saturated carbocycles. The monoisotopic (exact) mass is 273 g/mol. The van der Waals surface area contributed by atoms with Gasteiger partial charge >= 0.3 is 0 Å². The summed E-state index contributed by atoms with van der Waals surface area (Å²) in [5.74, 6) is -1.28. The third-order valence-electron chi connectivity index (χ3n) is 2.70. The summed E-state index contributed by atoms with van der Waals surface area (Å²) in [6.45, 7) is 2.43. The summed E-state index contributed by atoms with van der Waals surface area (Å²) in [4.78, 5) is 12.0. The summed E-state index contributed by atoms with van der Waals surface area (Å²) < 4.78 is 14.9. The summed E-state index contributed by atoms with van der Waals surface area (Å²) in [7, 11) is 0. The van der Waals surface area contributed by atoms with Crippen LogP contribution in [0.25, 0.3) is 0 Å². The van der Waals surface area contributed by atoms with E-state index >= 15 is 0 Å². The Morgan fingerprint density at radius 1 is 1.60 bits per heavy atom. The van der Waals surface area contributed by atoms with Crippen LogP contribution in [0.3, 0.4) is 0 Å². The van der Waals surface area contributed by atoms with Gasteiger partial charge in [-0.15, -0.1) is 0 Å². The standard InChI is InChI=1S/C13H12FN5O/c1-2-19-7-10(16)12(18-19)13(20)17-11-5-3-4-9(14)8(11)6-15/h3-5,7H,2,16H2,1H3,(H,17,20). The quantitative estimate of drug-likeness (QED) is 0.890. The molecular weight excluding hydrogens is 261 g/mol. The van der Waals surface area contributed by atoms with E-state index in [9.17, 15) is 9.18 Å². The topological polar surface area (TPSA) is 96.7 Å². The molecule has 0 aliphatic heterocycles. The molecule has 0 atom stereocenters. The summed E-state index contributed by atoms with van der Waals surface area (Å²) >= 11 is 0. The summed E-state index contributed by atoms with van der Waals surface area (Å²) in [6, 6.07) is 5.69. The van der Waals surface area contributed by atoms with E-state index in [0.717, 1.165) is 6.07 Å². The number of benzene rings is 1. The van der Waals surface area contributed by atoms with Crippen molar-refractivity contribution in [1.29, 1.82) is 5.26 Å². The van der Waals surface area contributed by atoms with Crippen molar-refractivity contribution in [2.24, 2.45) is 0 Å². The normalized spacial score (nSPS) is 10.1. The molecule has 0 bridgehead atoms. The second-order valence-electron chi connectivity index (χ2n) is 4.02. The summed E-state index contributed by atoms with van der Waals surface area (Å²) in [6.07, 6.45) is 1.53. The Morgan fingerprint density at radius 2 is 2.35 bits per heavy atom. The van der Waals surface area contributed by atoms with Gasteiger partial charge in [0.15, 0.2) is 5.69 Å². The minimum atomic E-state index is -0.697. The molecule has 0 radical (unpaired) electrons. The average Bonchev–Trinajstić information content (AvgIpc) is 2.80. The first-order valence-corrected chi connectivity index (χ1v) is 5.89. The number of nitrogen functional groups attached to an aromatic ring is 1. The van der Waals surface area contributed by atoms with Crippen LogP contribution in [-0.4, -0.2) is 15.7 Å². The molecule has 1 aromatic carbocycles. The smallest absolute Gasteiger partial charge is 0.278 e. The van der Waals surface area contributed by atoms with E-state index in [1.807, 2.05) is 6.92 Å². The maximum absolute atomic E-state index is 13.4. The first-order valence-electron chi connectivity index (χ1n) is 5.89. The zero-order chi connectivity index (χ0) is 14.7. The van der Waals surface area contributed by atoms with Crippen molar-refractivity contribution >= 4 is 17.3 Å². The van der Waals surface area contributed by atoms with Gasteiger partial charge in [0, 0.05) is 12.7 Å². The molecule has 0 fully saturated rings. The number of halogens is 1. The number of amides is 1. The van der Waals surface area contributed by atoms with E-state index in [4.69, 9.17) is 11.0 Å². The van der Waals surface area contributed by atoms with Crippen LogP contribution in [0.2, 0.25) is 0 Å². The highest BCUT2D eigenvalue weighted by Crippen LogP contribution is 2.19. The van der Waals surface area contributed by atoms with Crippen molar-refractivity contribution < 1.29 is 9.18 Å². The number of nitrogens with two attached hydrogens (primary N) is 1. The van der Waals surface area contributed by atoms with E-state index in [1.54, 1.807) is 6.07 Å². The molecule has 0 saturated heterocycles. The van der Waals surface area contributed by atoms with Crippen molar-refractivity contribution in [3.8, 4) is 6.07 Å². The molecule has 1 amide bonds. The van der Waals surface area contributed by atoms with Crippen LogP contribution in [0, 0.1) is 17.1 Å². The number of nitriles is 1. The van der Waals surface area contributed by atoms with E-state index in [1.165, 1.54) is 23.0 Å². The maximum atomic E-state index is 13.4. The minimum absolute atomic E-state index is 0.0417. The van der Waals surface area contributed by atoms with Crippen molar-refractivity contribution in [3.05, 3.63) is 41.5 Å². The Balaban J connectivity index is 2.31. The third kappa shape index (κ3) is 2.44. The van der Waals surface area contributed by atoms with Crippen LogP contribution in [0.15, 0.2) is 24.4 Å². The number of aromatic nitrogens is 2. The molecule has 6 nitrogen and oxygen atoms in total. The number of hydrogen-bond acceptors (Lipinski definition) is 4. The highest BCUT2D eigenvalue weighted by Gasteiger charge is 2.17. The van der Waals surface area contributed by atoms with Gasteiger partial charge in [0.1, 0.15) is 17.4 Å². The molecule has 1 heterocycles. The maximum Gasteiger partial charge on any atom is 0.278 e. The molecular formula is C13H12FN5O. The number of nitrogens with zero attached hydrogens (tertiary/aromatic N) is 3. The van der Waals surface area contributed by atoms with Gasteiger partial charge < -0.3 is 11.1 Å². The zero-order valence-electron chi connectivity index (χ0n) is 10.7. The van der Waals surface area contributed by atoms with E-state index in [0.29, 0.717) is 6.54 Å². The largest absolute Gasteiger partial charge is 0.396 e. The minimum Gasteiger partial charge on any atom is -0.396 e. The van der Waals surface area contributed by atoms with Gasteiger partial charge in [-0.25, -0.2) is 4.39 Å². The number of nitrogens with one attached hydrogen (secondary N) is 1. The predicted molar refractivity (Wildman–Crippen MR) is 71.4 cm³/mol. The Hall–Kier alpha value is -2.88. The fraction of sp³-hybridized carbons (Fsp3) is 0.154. The Labute approximate surface area is 114 Å². The lowest BCUT2D eigenvalue weighted by atomic mass is 10.2. The second-order valence-corrected chi connectivity index (χ2v) is 4.02. The van der Waals surface area contributed by atoms with E-state index < -0.39 is 11.7 Å². The van der Waals surface area contributed by atoms with E-state index in [2.05, 4.69) is 10.4 Å². The number of carbonyl (C=O) groups is 1. The molecule has 1 aromatic heterocycles. The SMILES string of the molecule is CCn1cc(N)c(C(=O)Nc2cccc(F)c2C#N)n1. The molecule has 102 valence electrons. The summed E-state index contributed by atoms with van der Waals surface area (Å²) in [5.41, 5.74) is 5.81. The lowest BCUT2D eigenvalue weighted by molar-refractivity contribution is 0.102. The third-order valence-corrected chi connectivity index (χ3v) is 2.70. The molecule has 0 aliphatic rings. The van der Waals surface area contributed by atoms with Crippen molar-refractivity contribution in [3.63, 3.8) is 0 Å².